The SMILES string of the molecule is CN(C1=C\C=C/C=C\C=C/C=C\C=C1)C1(C)CCCCCCCCCC1. The van der Waals surface area contributed by atoms with E-state index in [0.29, 0.717) is 0 Å². The molecule has 0 aromatic carbocycles. The Morgan fingerprint density at radius 2 is 1.04 bits per heavy atom. The maximum atomic E-state index is 2.53. The first-order chi connectivity index (χ1) is 12.7. The third-order valence-electron chi connectivity index (χ3n) is 5.80. The minimum Gasteiger partial charge on any atom is -0.369 e. The summed E-state index contributed by atoms with van der Waals surface area (Å²) in [6.45, 7) is 2.47. The van der Waals surface area contributed by atoms with Crippen LogP contribution in [0.3, 0.4) is 0 Å². The summed E-state index contributed by atoms with van der Waals surface area (Å²) in [4.78, 5) is 2.53. The highest BCUT2D eigenvalue weighted by Crippen LogP contribution is 2.32. The standard InChI is InChI=1S/C25H37N/c1-25(22-18-14-10-6-7-11-15-19-23-25)26(2)24-20-16-12-8-4-3-5-9-13-17-21-24/h3-5,8-9,12-13,16-17,20-21H,6-7,10-11,14-15,18-19,22-23H2,1-2H3/b4-3-,5-3?,8-4?,9-5-,12-8-,13-9?,16-12?,17-13-,20-16?,21-17?,24-20?,24-21?. The van der Waals surface area contributed by atoms with Crippen LogP contribution in [0.5, 0.6) is 0 Å². The summed E-state index contributed by atoms with van der Waals surface area (Å²) in [7, 11) is 2.29. The van der Waals surface area contributed by atoms with Gasteiger partial charge >= 0.3 is 0 Å². The highest BCUT2D eigenvalue weighted by Gasteiger charge is 2.29. The summed E-state index contributed by atoms with van der Waals surface area (Å²) in [6.07, 6.45) is 37.1. The monoisotopic (exact) mass is 351 g/mol. The summed E-state index contributed by atoms with van der Waals surface area (Å²) in [5, 5.41) is 0. The molecule has 0 saturated heterocycles. The second-order valence-electron chi connectivity index (χ2n) is 7.87. The molecular formula is C25H37N. The van der Waals surface area contributed by atoms with E-state index in [0.717, 1.165) is 0 Å². The molecule has 0 unspecified atom stereocenters. The minimum absolute atomic E-state index is 0.241. The van der Waals surface area contributed by atoms with Crippen LogP contribution in [0.2, 0.25) is 0 Å². The van der Waals surface area contributed by atoms with Gasteiger partial charge in [0.25, 0.3) is 0 Å². The van der Waals surface area contributed by atoms with E-state index in [1.807, 2.05) is 0 Å². The molecule has 0 aromatic rings. The van der Waals surface area contributed by atoms with Gasteiger partial charge < -0.3 is 4.90 Å². The number of allylic oxidation sites excluding steroid dienone is 11. The molecule has 0 atom stereocenters. The Labute approximate surface area is 161 Å². The minimum atomic E-state index is 0.241. The van der Waals surface area contributed by atoms with E-state index in [2.05, 4.69) is 85.7 Å². The maximum Gasteiger partial charge on any atom is 0.0371 e. The fourth-order valence-corrected chi connectivity index (χ4v) is 3.88. The Kier molecular flexibility index (Phi) is 9.31. The highest BCUT2D eigenvalue weighted by molar-refractivity contribution is 5.30. The topological polar surface area (TPSA) is 3.24 Å². The smallest absolute Gasteiger partial charge is 0.0371 e. The first-order valence-corrected chi connectivity index (χ1v) is 10.5. The Hall–Kier alpha value is -1.76. The number of likely N-dealkylation sites (N-methyl/N-ethyl adjacent to an activating group) is 1. The Bertz CT molecular complexity index is 559. The molecule has 142 valence electrons. The van der Waals surface area contributed by atoms with Crippen LogP contribution < -0.4 is 0 Å². The van der Waals surface area contributed by atoms with Crippen LogP contribution in [0.4, 0.5) is 0 Å². The lowest BCUT2D eigenvalue weighted by atomic mass is 9.86. The normalized spacial score (nSPS) is 26.9. The molecular weight excluding hydrogens is 314 g/mol. The quantitative estimate of drug-likeness (QED) is 0.505. The van der Waals surface area contributed by atoms with E-state index in [4.69, 9.17) is 0 Å². The molecule has 1 saturated carbocycles. The third kappa shape index (κ3) is 7.23. The molecule has 2 rings (SSSR count). The molecule has 0 amide bonds. The molecule has 0 aliphatic heterocycles. The van der Waals surface area contributed by atoms with E-state index in [9.17, 15) is 0 Å². The number of hydrogen-bond acceptors (Lipinski definition) is 1. The van der Waals surface area contributed by atoms with Crippen molar-refractivity contribution in [3.05, 3.63) is 72.5 Å². The molecule has 0 spiro atoms. The van der Waals surface area contributed by atoms with Crippen molar-refractivity contribution in [3.63, 3.8) is 0 Å². The van der Waals surface area contributed by atoms with Crippen molar-refractivity contribution in [3.8, 4) is 0 Å². The van der Waals surface area contributed by atoms with Crippen molar-refractivity contribution in [2.45, 2.75) is 76.7 Å². The summed E-state index contributed by atoms with van der Waals surface area (Å²) in [5.74, 6) is 0. The van der Waals surface area contributed by atoms with Gasteiger partial charge in [0.05, 0.1) is 0 Å². The fraction of sp³-hybridized carbons (Fsp3) is 0.520. The van der Waals surface area contributed by atoms with Gasteiger partial charge in [0, 0.05) is 18.3 Å². The molecule has 0 heterocycles. The van der Waals surface area contributed by atoms with Crippen molar-refractivity contribution in [2.75, 3.05) is 7.05 Å². The Morgan fingerprint density at radius 3 is 1.58 bits per heavy atom. The van der Waals surface area contributed by atoms with E-state index in [1.165, 1.54) is 69.9 Å². The van der Waals surface area contributed by atoms with E-state index in [1.54, 1.807) is 0 Å². The van der Waals surface area contributed by atoms with E-state index < -0.39 is 0 Å². The van der Waals surface area contributed by atoms with Gasteiger partial charge in [0.1, 0.15) is 0 Å². The van der Waals surface area contributed by atoms with Gasteiger partial charge in [0.15, 0.2) is 0 Å². The number of hydrogen-bond donors (Lipinski definition) is 0. The summed E-state index contributed by atoms with van der Waals surface area (Å²) in [6, 6.07) is 0. The zero-order valence-corrected chi connectivity index (χ0v) is 16.9. The molecule has 1 nitrogen and oxygen atoms in total. The Morgan fingerprint density at radius 1 is 0.615 bits per heavy atom. The van der Waals surface area contributed by atoms with E-state index in [-0.39, 0.29) is 5.54 Å². The molecule has 2 aliphatic carbocycles. The van der Waals surface area contributed by atoms with E-state index >= 15 is 0 Å². The largest absolute Gasteiger partial charge is 0.369 e. The van der Waals surface area contributed by atoms with Gasteiger partial charge in [-0.2, -0.15) is 0 Å². The molecule has 2 aliphatic rings. The highest BCUT2D eigenvalue weighted by atomic mass is 15.2. The van der Waals surface area contributed by atoms with Crippen LogP contribution in [0, 0.1) is 0 Å². The lowest BCUT2D eigenvalue weighted by molar-refractivity contribution is 0.152. The van der Waals surface area contributed by atoms with Gasteiger partial charge in [-0.25, -0.2) is 0 Å². The van der Waals surface area contributed by atoms with Gasteiger partial charge in [-0.1, -0.05) is 106 Å². The molecule has 1 fully saturated rings. The van der Waals surface area contributed by atoms with Crippen LogP contribution in [0.15, 0.2) is 72.5 Å². The maximum absolute atomic E-state index is 2.53. The van der Waals surface area contributed by atoms with Gasteiger partial charge in [0.2, 0.25) is 0 Å². The van der Waals surface area contributed by atoms with Crippen LogP contribution in [-0.2, 0) is 0 Å². The van der Waals surface area contributed by atoms with Crippen molar-refractivity contribution < 1.29 is 0 Å². The zero-order chi connectivity index (χ0) is 18.5. The number of rotatable bonds is 2. The van der Waals surface area contributed by atoms with Crippen molar-refractivity contribution in [1.29, 1.82) is 0 Å². The Balaban J connectivity index is 2.17. The van der Waals surface area contributed by atoms with Crippen LogP contribution in [0.25, 0.3) is 0 Å². The molecule has 0 aromatic heterocycles. The van der Waals surface area contributed by atoms with Crippen molar-refractivity contribution in [2.24, 2.45) is 0 Å². The second-order valence-corrected chi connectivity index (χ2v) is 7.87. The van der Waals surface area contributed by atoms with Gasteiger partial charge in [-0.05, 0) is 31.9 Å². The summed E-state index contributed by atoms with van der Waals surface area (Å²) >= 11 is 0. The fourth-order valence-electron chi connectivity index (χ4n) is 3.88. The molecule has 1 heteroatoms. The van der Waals surface area contributed by atoms with Crippen LogP contribution in [-0.4, -0.2) is 17.5 Å². The average molecular weight is 352 g/mol. The second kappa shape index (κ2) is 11.8. The van der Waals surface area contributed by atoms with Gasteiger partial charge in [-0.15, -0.1) is 0 Å². The average Bonchev–Trinajstić information content (AvgIpc) is 2.67. The predicted molar refractivity (Wildman–Crippen MR) is 116 cm³/mol. The first kappa shape index (κ1) is 20.6. The zero-order valence-electron chi connectivity index (χ0n) is 16.9. The lowest BCUT2D eigenvalue weighted by Gasteiger charge is -2.42. The van der Waals surface area contributed by atoms with Crippen LogP contribution in [0.1, 0.15) is 71.1 Å². The molecule has 0 bridgehead atoms. The number of nitrogens with zero attached hydrogens (tertiary/aromatic N) is 1. The molecule has 0 N–H and O–H groups in total. The summed E-state index contributed by atoms with van der Waals surface area (Å²) < 4.78 is 0. The molecule has 26 heavy (non-hydrogen) atoms. The van der Waals surface area contributed by atoms with Crippen molar-refractivity contribution in [1.82, 2.24) is 4.90 Å². The summed E-state index contributed by atoms with van der Waals surface area (Å²) in [5.41, 5.74) is 1.53. The lowest BCUT2D eigenvalue weighted by Crippen LogP contribution is -2.43. The van der Waals surface area contributed by atoms with Crippen LogP contribution >= 0.6 is 0 Å². The van der Waals surface area contributed by atoms with Crippen molar-refractivity contribution >= 4 is 0 Å². The van der Waals surface area contributed by atoms with Gasteiger partial charge in [-0.3, -0.25) is 0 Å². The third-order valence-corrected chi connectivity index (χ3v) is 5.80. The molecule has 0 radical (unpaired) electrons. The predicted octanol–water partition coefficient (Wildman–Crippen LogP) is 7.27. The first-order valence-electron chi connectivity index (χ1n) is 10.5.